The Kier molecular flexibility index (Phi) is 5.45. The Morgan fingerprint density at radius 2 is 1.77 bits per heavy atom. The Balaban J connectivity index is 1.87. The molecule has 2 aromatic carbocycles. The van der Waals surface area contributed by atoms with Crippen molar-refractivity contribution < 1.29 is 24.1 Å². The van der Waals surface area contributed by atoms with E-state index in [0.29, 0.717) is 17.3 Å². The molecular weight excluding hydrogens is 406 g/mol. The first kappa shape index (κ1) is 20.0. The van der Waals surface area contributed by atoms with Gasteiger partial charge in [-0.1, -0.05) is 0 Å². The standard InChI is InChI=1S/C21H21N3O5S/c1-27-14-6-4-13(5-7-14)24-11-22-21-18(24)20(30-10-17(25)23-21)12-8-15(28-2)19(26)16(9-12)29-3/h4-9,11,20,26H,10H2,1-3H3,(H,23,25)/t20-/m0/s1. The van der Waals surface area contributed by atoms with E-state index in [1.165, 1.54) is 26.0 Å². The number of aromatic nitrogens is 2. The van der Waals surface area contributed by atoms with E-state index in [0.717, 1.165) is 22.7 Å². The maximum Gasteiger partial charge on any atom is 0.235 e. The van der Waals surface area contributed by atoms with Crippen molar-refractivity contribution in [2.45, 2.75) is 5.25 Å². The molecule has 1 atom stereocenters. The SMILES string of the molecule is COc1ccc(-n2cnc3c2[C@H](c2cc(OC)c(O)c(OC)c2)SCC(=O)N3)cc1. The van der Waals surface area contributed by atoms with Crippen LogP contribution in [0.1, 0.15) is 16.5 Å². The summed E-state index contributed by atoms with van der Waals surface area (Å²) in [5.41, 5.74) is 2.51. The Bertz CT molecular complexity index is 1060. The summed E-state index contributed by atoms with van der Waals surface area (Å²) in [6.45, 7) is 0. The van der Waals surface area contributed by atoms with E-state index in [2.05, 4.69) is 10.3 Å². The molecule has 1 aromatic heterocycles. The van der Waals surface area contributed by atoms with E-state index in [1.54, 1.807) is 25.6 Å². The van der Waals surface area contributed by atoms with Gasteiger partial charge in [-0.25, -0.2) is 4.98 Å². The number of carbonyl (C=O) groups excluding carboxylic acids is 1. The average Bonchev–Trinajstić information content (AvgIpc) is 3.09. The zero-order valence-corrected chi connectivity index (χ0v) is 17.5. The number of methoxy groups -OCH3 is 3. The fourth-order valence-electron chi connectivity index (χ4n) is 3.38. The first-order chi connectivity index (χ1) is 14.5. The molecule has 0 aliphatic carbocycles. The average molecular weight is 427 g/mol. The number of amides is 1. The molecular formula is C21H21N3O5S. The summed E-state index contributed by atoms with van der Waals surface area (Å²) in [6.07, 6.45) is 1.68. The van der Waals surface area contributed by atoms with Crippen molar-refractivity contribution in [1.29, 1.82) is 0 Å². The van der Waals surface area contributed by atoms with Crippen LogP contribution < -0.4 is 19.5 Å². The van der Waals surface area contributed by atoms with Crippen molar-refractivity contribution >= 4 is 23.5 Å². The van der Waals surface area contributed by atoms with Gasteiger partial charge in [-0.3, -0.25) is 9.36 Å². The number of thioether (sulfide) groups is 1. The summed E-state index contributed by atoms with van der Waals surface area (Å²) in [5, 5.41) is 12.9. The number of benzene rings is 2. The topological polar surface area (TPSA) is 94.8 Å². The molecule has 3 aromatic rings. The summed E-state index contributed by atoms with van der Waals surface area (Å²) < 4.78 is 17.8. The highest BCUT2D eigenvalue weighted by Gasteiger charge is 2.30. The number of hydrogen-bond acceptors (Lipinski definition) is 7. The maximum atomic E-state index is 12.3. The van der Waals surface area contributed by atoms with Gasteiger partial charge in [0, 0.05) is 5.69 Å². The van der Waals surface area contributed by atoms with Crippen molar-refractivity contribution in [3.8, 4) is 28.7 Å². The lowest BCUT2D eigenvalue weighted by atomic mass is 10.1. The van der Waals surface area contributed by atoms with Gasteiger partial charge < -0.3 is 24.6 Å². The Labute approximate surface area is 177 Å². The third kappa shape index (κ3) is 3.52. The van der Waals surface area contributed by atoms with Crippen LogP contribution in [0.25, 0.3) is 5.69 Å². The highest BCUT2D eigenvalue weighted by molar-refractivity contribution is 8.00. The summed E-state index contributed by atoms with van der Waals surface area (Å²) in [4.78, 5) is 16.7. The lowest BCUT2D eigenvalue weighted by Crippen LogP contribution is -2.12. The van der Waals surface area contributed by atoms with Gasteiger partial charge >= 0.3 is 0 Å². The molecule has 4 rings (SSSR count). The number of imidazole rings is 1. The van der Waals surface area contributed by atoms with E-state index >= 15 is 0 Å². The van der Waals surface area contributed by atoms with Crippen LogP contribution in [0.2, 0.25) is 0 Å². The molecule has 2 heterocycles. The van der Waals surface area contributed by atoms with Gasteiger partial charge in [0.25, 0.3) is 0 Å². The smallest absolute Gasteiger partial charge is 0.235 e. The Hall–Kier alpha value is -3.33. The van der Waals surface area contributed by atoms with Gasteiger partial charge in [-0.2, -0.15) is 0 Å². The van der Waals surface area contributed by atoms with E-state index in [9.17, 15) is 9.90 Å². The lowest BCUT2D eigenvalue weighted by Gasteiger charge is -2.20. The second kappa shape index (κ2) is 8.19. The number of phenols is 1. The number of aromatic hydroxyl groups is 1. The predicted octanol–water partition coefficient (Wildman–Crippen LogP) is 3.38. The third-order valence-electron chi connectivity index (χ3n) is 4.85. The first-order valence-corrected chi connectivity index (χ1v) is 10.2. The summed E-state index contributed by atoms with van der Waals surface area (Å²) in [7, 11) is 4.58. The van der Waals surface area contributed by atoms with Crippen molar-refractivity contribution in [1.82, 2.24) is 9.55 Å². The number of anilines is 1. The molecule has 0 fully saturated rings. The van der Waals surface area contributed by atoms with Crippen LogP contribution in [-0.4, -0.2) is 47.6 Å². The van der Waals surface area contributed by atoms with Gasteiger partial charge in [0.2, 0.25) is 11.7 Å². The monoisotopic (exact) mass is 427 g/mol. The van der Waals surface area contributed by atoms with Gasteiger partial charge in [-0.15, -0.1) is 11.8 Å². The number of ether oxygens (including phenoxy) is 3. The minimum atomic E-state index is -0.257. The number of phenolic OH excluding ortho intramolecular Hbond substituents is 1. The highest BCUT2D eigenvalue weighted by Crippen LogP contribution is 2.46. The molecule has 0 bridgehead atoms. The van der Waals surface area contributed by atoms with E-state index in [1.807, 2.05) is 28.8 Å². The minimum Gasteiger partial charge on any atom is -0.502 e. The number of hydrogen-bond donors (Lipinski definition) is 2. The van der Waals surface area contributed by atoms with Crippen LogP contribution in [0, 0.1) is 0 Å². The quantitative estimate of drug-likeness (QED) is 0.645. The summed E-state index contributed by atoms with van der Waals surface area (Å²) >= 11 is 1.46. The molecule has 30 heavy (non-hydrogen) atoms. The summed E-state index contributed by atoms with van der Waals surface area (Å²) in [6, 6.07) is 11.1. The van der Waals surface area contributed by atoms with Crippen LogP contribution >= 0.6 is 11.8 Å². The molecule has 0 radical (unpaired) electrons. The molecule has 9 heteroatoms. The second-order valence-electron chi connectivity index (χ2n) is 6.56. The molecule has 1 aliphatic rings. The van der Waals surface area contributed by atoms with Crippen molar-refractivity contribution in [2.75, 3.05) is 32.4 Å². The Morgan fingerprint density at radius 1 is 1.10 bits per heavy atom. The molecule has 156 valence electrons. The van der Waals surface area contributed by atoms with Crippen LogP contribution in [0.3, 0.4) is 0 Å². The van der Waals surface area contributed by atoms with Crippen LogP contribution in [0.5, 0.6) is 23.0 Å². The van der Waals surface area contributed by atoms with Crippen molar-refractivity contribution in [2.24, 2.45) is 0 Å². The van der Waals surface area contributed by atoms with Gasteiger partial charge in [0.15, 0.2) is 17.3 Å². The predicted molar refractivity (Wildman–Crippen MR) is 114 cm³/mol. The van der Waals surface area contributed by atoms with Crippen LogP contribution in [0.4, 0.5) is 5.82 Å². The van der Waals surface area contributed by atoms with Crippen molar-refractivity contribution in [3.05, 3.63) is 54.0 Å². The van der Waals surface area contributed by atoms with E-state index in [-0.39, 0.29) is 22.7 Å². The zero-order valence-electron chi connectivity index (χ0n) is 16.7. The number of rotatable bonds is 5. The fraction of sp³-hybridized carbons (Fsp3) is 0.238. The van der Waals surface area contributed by atoms with Gasteiger partial charge in [0.1, 0.15) is 12.1 Å². The summed E-state index contributed by atoms with van der Waals surface area (Å²) in [5.74, 6) is 1.90. The largest absolute Gasteiger partial charge is 0.502 e. The van der Waals surface area contributed by atoms with Gasteiger partial charge in [0.05, 0.1) is 38.0 Å². The molecule has 0 spiro atoms. The number of nitrogens with zero attached hydrogens (tertiary/aromatic N) is 2. The second-order valence-corrected chi connectivity index (χ2v) is 7.65. The molecule has 0 unspecified atom stereocenters. The fourth-order valence-corrected chi connectivity index (χ4v) is 4.48. The van der Waals surface area contributed by atoms with Gasteiger partial charge in [-0.05, 0) is 42.0 Å². The number of nitrogens with one attached hydrogen (secondary N) is 1. The normalized spacial score (nSPS) is 15.7. The molecule has 2 N–H and O–H groups in total. The maximum absolute atomic E-state index is 12.3. The minimum absolute atomic E-state index is 0.0690. The first-order valence-electron chi connectivity index (χ1n) is 9.13. The zero-order chi connectivity index (χ0) is 21.3. The molecule has 1 amide bonds. The number of fused-ring (bicyclic) bond motifs is 1. The lowest BCUT2D eigenvalue weighted by molar-refractivity contribution is -0.113. The number of carbonyl (C=O) groups is 1. The van der Waals surface area contributed by atoms with E-state index in [4.69, 9.17) is 14.2 Å². The van der Waals surface area contributed by atoms with E-state index < -0.39 is 0 Å². The third-order valence-corrected chi connectivity index (χ3v) is 6.10. The Morgan fingerprint density at radius 3 is 2.37 bits per heavy atom. The van der Waals surface area contributed by atoms with Crippen LogP contribution in [0.15, 0.2) is 42.7 Å². The molecule has 8 nitrogen and oxygen atoms in total. The molecule has 0 saturated carbocycles. The van der Waals surface area contributed by atoms with Crippen LogP contribution in [-0.2, 0) is 4.79 Å². The molecule has 0 saturated heterocycles. The van der Waals surface area contributed by atoms with Crippen molar-refractivity contribution in [3.63, 3.8) is 0 Å². The molecule has 1 aliphatic heterocycles. The highest BCUT2D eigenvalue weighted by atomic mass is 32.2.